The Hall–Kier alpha value is -2.83. The summed E-state index contributed by atoms with van der Waals surface area (Å²) in [5.74, 6) is -1.61. The highest BCUT2D eigenvalue weighted by molar-refractivity contribution is 5.94. The molecule has 0 aliphatic heterocycles. The third-order valence-corrected chi connectivity index (χ3v) is 3.19. The Kier molecular flexibility index (Phi) is 3.77. The van der Waals surface area contributed by atoms with Gasteiger partial charge in [-0.1, -0.05) is 30.3 Å². The fourth-order valence-electron chi connectivity index (χ4n) is 2.19. The molecular weight excluding hydrogens is 309 g/mol. The van der Waals surface area contributed by atoms with Gasteiger partial charge in [-0.25, -0.2) is 4.98 Å². The van der Waals surface area contributed by atoms with E-state index in [1.807, 2.05) is 0 Å². The van der Waals surface area contributed by atoms with Gasteiger partial charge < -0.3 is 4.74 Å². The monoisotopic (exact) mass is 320 g/mol. The Labute approximate surface area is 129 Å². The number of rotatable bonds is 3. The Morgan fingerprint density at radius 3 is 2.39 bits per heavy atom. The van der Waals surface area contributed by atoms with E-state index < -0.39 is 12.1 Å². The zero-order chi connectivity index (χ0) is 16.4. The van der Waals surface area contributed by atoms with Gasteiger partial charge in [0.1, 0.15) is 12.4 Å². The zero-order valence-electron chi connectivity index (χ0n) is 11.7. The first kappa shape index (κ1) is 15.1. The van der Waals surface area contributed by atoms with E-state index in [1.54, 1.807) is 48.5 Å². The van der Waals surface area contributed by atoms with Gasteiger partial charge in [0, 0.05) is 0 Å². The number of benzene rings is 2. The van der Waals surface area contributed by atoms with Crippen LogP contribution in [-0.4, -0.2) is 21.6 Å². The lowest BCUT2D eigenvalue weighted by molar-refractivity contribution is -0.0946. The maximum Gasteiger partial charge on any atom is 0.472 e. The molecule has 0 unspecified atom stereocenters. The largest absolute Gasteiger partial charge is 0.486 e. The molecule has 118 valence electrons. The molecule has 0 aliphatic carbocycles. The van der Waals surface area contributed by atoms with Crippen molar-refractivity contribution in [1.29, 1.82) is 0 Å². The number of nitrogens with zero attached hydrogens (tertiary/aromatic N) is 2. The summed E-state index contributed by atoms with van der Waals surface area (Å²) in [7, 11) is 0. The molecular formula is C16H11F3N2O2. The third kappa shape index (κ3) is 3.03. The first-order valence-electron chi connectivity index (χ1n) is 6.72. The van der Waals surface area contributed by atoms with Crippen LogP contribution in [0.5, 0.6) is 5.75 Å². The van der Waals surface area contributed by atoms with Crippen molar-refractivity contribution < 1.29 is 22.7 Å². The summed E-state index contributed by atoms with van der Waals surface area (Å²) in [6, 6.07) is 14.7. The number of hydrogen-bond acceptors (Lipinski definition) is 3. The Balaban J connectivity index is 2.00. The molecule has 2 aromatic carbocycles. The minimum Gasteiger partial charge on any atom is -0.486 e. The molecule has 0 saturated carbocycles. The first-order chi connectivity index (χ1) is 11.0. The molecule has 1 heterocycles. The summed E-state index contributed by atoms with van der Waals surface area (Å²) in [6.07, 6.45) is -5.00. The van der Waals surface area contributed by atoms with Crippen molar-refractivity contribution in [3.63, 3.8) is 0 Å². The molecule has 0 saturated heterocycles. The highest BCUT2D eigenvalue weighted by atomic mass is 19.4. The van der Waals surface area contributed by atoms with Crippen LogP contribution in [0.3, 0.4) is 0 Å². The maximum atomic E-state index is 12.8. The smallest absolute Gasteiger partial charge is 0.472 e. The van der Waals surface area contributed by atoms with Gasteiger partial charge in [0.25, 0.3) is 0 Å². The topological polar surface area (TPSA) is 44.1 Å². The van der Waals surface area contributed by atoms with E-state index in [-0.39, 0.29) is 17.9 Å². The quantitative estimate of drug-likeness (QED) is 0.737. The molecule has 0 aliphatic rings. The van der Waals surface area contributed by atoms with Gasteiger partial charge in [-0.05, 0) is 24.3 Å². The third-order valence-electron chi connectivity index (χ3n) is 3.19. The number of aromatic nitrogens is 2. The second-order valence-electron chi connectivity index (χ2n) is 4.76. The van der Waals surface area contributed by atoms with E-state index in [0.29, 0.717) is 15.8 Å². The van der Waals surface area contributed by atoms with Gasteiger partial charge >= 0.3 is 12.1 Å². The van der Waals surface area contributed by atoms with Crippen molar-refractivity contribution in [3.8, 4) is 5.75 Å². The number of ether oxygens (including phenoxy) is 1. The van der Waals surface area contributed by atoms with Gasteiger partial charge in [0.2, 0.25) is 0 Å². The number of halogens is 3. The lowest BCUT2D eigenvalue weighted by atomic mass is 10.3. The van der Waals surface area contributed by atoms with Crippen LogP contribution in [0.25, 0.3) is 11.0 Å². The Bertz CT molecular complexity index is 841. The van der Waals surface area contributed by atoms with Gasteiger partial charge in [0.05, 0.1) is 11.0 Å². The summed E-state index contributed by atoms with van der Waals surface area (Å²) in [5, 5.41) is 0. The molecule has 0 N–H and O–H groups in total. The molecule has 3 aromatic rings. The number of para-hydroxylation sites is 3. The minimum absolute atomic E-state index is 0.0986. The van der Waals surface area contributed by atoms with Gasteiger partial charge in [-0.2, -0.15) is 13.2 Å². The van der Waals surface area contributed by atoms with Gasteiger partial charge in [-0.15, -0.1) is 0 Å². The molecule has 7 heteroatoms. The summed E-state index contributed by atoms with van der Waals surface area (Å²) in [6.45, 7) is -0.249. The number of fused-ring (bicyclic) bond motifs is 1. The first-order valence-corrected chi connectivity index (χ1v) is 6.72. The Morgan fingerprint density at radius 1 is 1.04 bits per heavy atom. The van der Waals surface area contributed by atoms with Gasteiger partial charge in [0.15, 0.2) is 5.82 Å². The van der Waals surface area contributed by atoms with E-state index in [9.17, 15) is 18.0 Å². The lowest BCUT2D eigenvalue weighted by Crippen LogP contribution is -2.30. The standard InChI is InChI=1S/C16H11F3N2O2/c17-16(18,19)15(22)21-13-9-5-4-8-12(13)20-14(21)10-23-11-6-2-1-3-7-11/h1-9H,10H2. The average Bonchev–Trinajstić information content (AvgIpc) is 2.90. The van der Waals surface area contributed by atoms with Crippen molar-refractivity contribution in [1.82, 2.24) is 9.55 Å². The summed E-state index contributed by atoms with van der Waals surface area (Å²) >= 11 is 0. The maximum absolute atomic E-state index is 12.8. The van der Waals surface area contributed by atoms with Crippen molar-refractivity contribution in [3.05, 3.63) is 60.4 Å². The van der Waals surface area contributed by atoms with Crippen LogP contribution in [0, 0.1) is 0 Å². The second kappa shape index (κ2) is 5.75. The molecule has 0 amide bonds. The fourth-order valence-corrected chi connectivity index (χ4v) is 2.19. The van der Waals surface area contributed by atoms with Crippen LogP contribution < -0.4 is 4.74 Å². The predicted octanol–water partition coefficient (Wildman–Crippen LogP) is 3.82. The summed E-state index contributed by atoms with van der Waals surface area (Å²) in [5.41, 5.74) is 0.401. The highest BCUT2D eigenvalue weighted by Crippen LogP contribution is 2.24. The SMILES string of the molecule is O=C(n1c(COc2ccccc2)nc2ccccc21)C(F)(F)F. The van der Waals surface area contributed by atoms with Crippen molar-refractivity contribution in [2.45, 2.75) is 12.8 Å². The van der Waals surface area contributed by atoms with Crippen molar-refractivity contribution in [2.24, 2.45) is 0 Å². The molecule has 1 aromatic heterocycles. The molecule has 0 spiro atoms. The fraction of sp³-hybridized carbons (Fsp3) is 0.125. The number of carbonyl (C=O) groups excluding carboxylic acids is 1. The van der Waals surface area contributed by atoms with Crippen LogP contribution in [0.2, 0.25) is 0 Å². The lowest BCUT2D eigenvalue weighted by Gasteiger charge is -2.11. The summed E-state index contributed by atoms with van der Waals surface area (Å²) in [4.78, 5) is 15.8. The summed E-state index contributed by atoms with van der Waals surface area (Å²) < 4.78 is 44.5. The van der Waals surface area contributed by atoms with Gasteiger partial charge in [-0.3, -0.25) is 9.36 Å². The number of imidazole rings is 1. The zero-order valence-corrected chi connectivity index (χ0v) is 11.7. The molecule has 0 atom stereocenters. The van der Waals surface area contributed by atoms with Crippen molar-refractivity contribution >= 4 is 16.9 Å². The minimum atomic E-state index is -5.00. The molecule has 0 bridgehead atoms. The van der Waals surface area contributed by atoms with Crippen LogP contribution in [0.15, 0.2) is 54.6 Å². The number of hydrogen-bond donors (Lipinski definition) is 0. The molecule has 0 radical (unpaired) electrons. The number of carbonyl (C=O) groups is 1. The van der Waals surface area contributed by atoms with Crippen LogP contribution in [0.1, 0.15) is 10.6 Å². The van der Waals surface area contributed by atoms with E-state index in [0.717, 1.165) is 0 Å². The molecule has 4 nitrogen and oxygen atoms in total. The number of alkyl halides is 3. The van der Waals surface area contributed by atoms with E-state index >= 15 is 0 Å². The van der Waals surface area contributed by atoms with Crippen LogP contribution in [0.4, 0.5) is 13.2 Å². The van der Waals surface area contributed by atoms with E-state index in [4.69, 9.17) is 4.74 Å². The predicted molar refractivity (Wildman–Crippen MR) is 77.2 cm³/mol. The van der Waals surface area contributed by atoms with E-state index in [1.165, 1.54) is 6.07 Å². The Morgan fingerprint density at radius 2 is 1.70 bits per heavy atom. The van der Waals surface area contributed by atoms with Crippen LogP contribution in [-0.2, 0) is 6.61 Å². The highest BCUT2D eigenvalue weighted by Gasteiger charge is 2.42. The normalized spacial score (nSPS) is 11.6. The molecule has 3 rings (SSSR count). The molecule has 23 heavy (non-hydrogen) atoms. The average molecular weight is 320 g/mol. The van der Waals surface area contributed by atoms with Crippen LogP contribution >= 0.6 is 0 Å². The second-order valence-corrected chi connectivity index (χ2v) is 4.76. The molecule has 0 fully saturated rings. The van der Waals surface area contributed by atoms with E-state index in [2.05, 4.69) is 4.98 Å². The van der Waals surface area contributed by atoms with Crippen molar-refractivity contribution in [2.75, 3.05) is 0 Å².